The van der Waals surface area contributed by atoms with Gasteiger partial charge in [-0.05, 0) is 54.5 Å². The zero-order chi connectivity index (χ0) is 18.2. The Balaban J connectivity index is 2.02. The van der Waals surface area contributed by atoms with Crippen molar-refractivity contribution in [3.05, 3.63) is 45.9 Å². The van der Waals surface area contributed by atoms with Gasteiger partial charge in [0.05, 0.1) is 17.4 Å². The van der Waals surface area contributed by atoms with Gasteiger partial charge < -0.3 is 10.2 Å². The maximum atomic E-state index is 13.1. The molecule has 1 aliphatic heterocycles. The van der Waals surface area contributed by atoms with Crippen LogP contribution in [0.5, 0.6) is 0 Å². The minimum absolute atomic E-state index is 0.123. The predicted octanol–water partition coefficient (Wildman–Crippen LogP) is 4.61. The Bertz CT molecular complexity index is 726. The third kappa shape index (κ3) is 3.53. The van der Waals surface area contributed by atoms with E-state index in [2.05, 4.69) is 26.6 Å². The summed E-state index contributed by atoms with van der Waals surface area (Å²) in [5, 5.41) is 7.32. The number of anilines is 1. The van der Waals surface area contributed by atoms with Crippen LogP contribution in [0.4, 0.5) is 18.9 Å². The van der Waals surface area contributed by atoms with Gasteiger partial charge >= 0.3 is 6.18 Å². The largest absolute Gasteiger partial charge is 0.433 e. The van der Waals surface area contributed by atoms with Crippen LogP contribution in [0.3, 0.4) is 0 Å². The minimum Gasteiger partial charge on any atom is -0.362 e. The number of hydrogen-bond donors (Lipinski definition) is 1. The second kappa shape index (κ2) is 6.61. The molecule has 0 bridgehead atoms. The Morgan fingerprint density at radius 2 is 2.08 bits per heavy atom. The molecule has 2 aromatic rings. The molecule has 25 heavy (non-hydrogen) atoms. The van der Waals surface area contributed by atoms with E-state index >= 15 is 0 Å². The molecule has 1 aliphatic rings. The standard InChI is InChI=1S/C18H22F3N3S/c1-17(2)11-24(13(6-8-22-3)12-7-9-25-10-12)14-4-5-15(18(19,20)21)23-16(14)17/h4-5,7,9-10,13,22H,6,8,11H2,1-3H3. The van der Waals surface area contributed by atoms with E-state index in [1.807, 2.05) is 26.3 Å². The van der Waals surface area contributed by atoms with E-state index in [0.29, 0.717) is 12.2 Å². The van der Waals surface area contributed by atoms with Crippen LogP contribution in [0.2, 0.25) is 0 Å². The fourth-order valence-electron chi connectivity index (χ4n) is 3.45. The van der Waals surface area contributed by atoms with Crippen molar-refractivity contribution in [2.45, 2.75) is 37.9 Å². The molecule has 0 spiro atoms. The Hall–Kier alpha value is -1.60. The topological polar surface area (TPSA) is 28.2 Å². The molecule has 136 valence electrons. The molecule has 0 amide bonds. The fourth-order valence-corrected chi connectivity index (χ4v) is 4.16. The lowest BCUT2D eigenvalue weighted by molar-refractivity contribution is -0.141. The molecular weight excluding hydrogens is 347 g/mol. The summed E-state index contributed by atoms with van der Waals surface area (Å²) in [6.07, 6.45) is -3.54. The van der Waals surface area contributed by atoms with Crippen LogP contribution in [0.1, 0.15) is 43.3 Å². The number of nitrogens with zero attached hydrogens (tertiary/aromatic N) is 2. The summed E-state index contributed by atoms with van der Waals surface area (Å²) in [6.45, 7) is 5.41. The van der Waals surface area contributed by atoms with E-state index in [1.54, 1.807) is 17.4 Å². The summed E-state index contributed by atoms with van der Waals surface area (Å²) in [5.74, 6) is 0. The summed E-state index contributed by atoms with van der Waals surface area (Å²) in [5.41, 5.74) is 1.30. The van der Waals surface area contributed by atoms with E-state index < -0.39 is 17.3 Å². The van der Waals surface area contributed by atoms with Crippen LogP contribution in [0.15, 0.2) is 29.0 Å². The normalized spacial score (nSPS) is 17.6. The highest BCUT2D eigenvalue weighted by Crippen LogP contribution is 2.45. The van der Waals surface area contributed by atoms with Crippen molar-refractivity contribution >= 4 is 17.0 Å². The molecule has 3 rings (SSSR count). The van der Waals surface area contributed by atoms with Crippen LogP contribution in [0, 0.1) is 0 Å². The first-order chi connectivity index (χ1) is 11.7. The number of thiophene rings is 1. The van der Waals surface area contributed by atoms with E-state index in [9.17, 15) is 13.2 Å². The van der Waals surface area contributed by atoms with Crippen molar-refractivity contribution in [2.75, 3.05) is 25.0 Å². The van der Waals surface area contributed by atoms with Gasteiger partial charge in [0.2, 0.25) is 0 Å². The second-order valence-electron chi connectivity index (χ2n) is 7.04. The Labute approximate surface area is 149 Å². The smallest absolute Gasteiger partial charge is 0.362 e. The Kier molecular flexibility index (Phi) is 4.81. The quantitative estimate of drug-likeness (QED) is 0.834. The Morgan fingerprint density at radius 3 is 2.68 bits per heavy atom. The van der Waals surface area contributed by atoms with Crippen LogP contribution >= 0.6 is 11.3 Å². The van der Waals surface area contributed by atoms with Crippen molar-refractivity contribution in [3.63, 3.8) is 0 Å². The van der Waals surface area contributed by atoms with Gasteiger partial charge in [-0.25, -0.2) is 4.98 Å². The maximum absolute atomic E-state index is 13.1. The van der Waals surface area contributed by atoms with E-state index in [0.717, 1.165) is 24.7 Å². The third-order valence-corrected chi connectivity index (χ3v) is 5.35. The number of halogens is 3. The molecule has 0 aromatic carbocycles. The van der Waals surface area contributed by atoms with Crippen LogP contribution in [-0.2, 0) is 11.6 Å². The van der Waals surface area contributed by atoms with Crippen LogP contribution in [0.25, 0.3) is 0 Å². The highest BCUT2D eigenvalue weighted by molar-refractivity contribution is 7.08. The monoisotopic (exact) mass is 369 g/mol. The lowest BCUT2D eigenvalue weighted by Gasteiger charge is -2.31. The summed E-state index contributed by atoms with van der Waals surface area (Å²) in [6, 6.07) is 4.89. The highest BCUT2D eigenvalue weighted by atomic mass is 32.1. The highest BCUT2D eigenvalue weighted by Gasteiger charge is 2.42. The average molecular weight is 369 g/mol. The molecule has 7 heteroatoms. The van der Waals surface area contributed by atoms with Crippen LogP contribution < -0.4 is 10.2 Å². The van der Waals surface area contributed by atoms with E-state index in [4.69, 9.17) is 0 Å². The van der Waals surface area contributed by atoms with Gasteiger partial charge in [0, 0.05) is 12.0 Å². The molecule has 2 aromatic heterocycles. The molecule has 0 saturated carbocycles. The fraction of sp³-hybridized carbons (Fsp3) is 0.500. The van der Waals surface area contributed by atoms with E-state index in [-0.39, 0.29) is 6.04 Å². The van der Waals surface area contributed by atoms with Gasteiger partial charge in [-0.2, -0.15) is 24.5 Å². The molecule has 0 fully saturated rings. The van der Waals surface area contributed by atoms with Crippen LogP contribution in [-0.4, -0.2) is 25.1 Å². The number of aromatic nitrogens is 1. The van der Waals surface area contributed by atoms with Gasteiger partial charge in [0.25, 0.3) is 0 Å². The lowest BCUT2D eigenvalue weighted by atomic mass is 9.91. The third-order valence-electron chi connectivity index (χ3n) is 4.65. The summed E-state index contributed by atoms with van der Waals surface area (Å²) in [7, 11) is 1.91. The number of alkyl halides is 3. The van der Waals surface area contributed by atoms with Gasteiger partial charge in [-0.15, -0.1) is 0 Å². The second-order valence-corrected chi connectivity index (χ2v) is 7.82. The molecule has 1 atom stereocenters. The molecule has 0 radical (unpaired) electrons. The molecule has 1 unspecified atom stereocenters. The van der Waals surface area contributed by atoms with Crippen molar-refractivity contribution in [1.82, 2.24) is 10.3 Å². The van der Waals surface area contributed by atoms with Gasteiger partial charge in [-0.1, -0.05) is 13.8 Å². The van der Waals surface area contributed by atoms with Crippen molar-refractivity contribution < 1.29 is 13.2 Å². The zero-order valence-electron chi connectivity index (χ0n) is 14.5. The number of pyridine rings is 1. The van der Waals surface area contributed by atoms with E-state index in [1.165, 1.54) is 5.56 Å². The van der Waals surface area contributed by atoms with Gasteiger partial charge in [0.1, 0.15) is 5.69 Å². The van der Waals surface area contributed by atoms with Crippen molar-refractivity contribution in [3.8, 4) is 0 Å². The van der Waals surface area contributed by atoms with Gasteiger partial charge in [-0.3, -0.25) is 0 Å². The predicted molar refractivity (Wildman–Crippen MR) is 95.2 cm³/mol. The number of rotatable bonds is 5. The molecule has 3 heterocycles. The molecule has 3 nitrogen and oxygen atoms in total. The molecular formula is C18H22F3N3S. The van der Waals surface area contributed by atoms with Crippen molar-refractivity contribution in [1.29, 1.82) is 0 Å². The molecule has 0 saturated heterocycles. The first-order valence-corrected chi connectivity index (χ1v) is 9.20. The van der Waals surface area contributed by atoms with Gasteiger partial charge in [0.15, 0.2) is 0 Å². The minimum atomic E-state index is -4.42. The number of fused-ring (bicyclic) bond motifs is 1. The van der Waals surface area contributed by atoms with Crippen molar-refractivity contribution in [2.24, 2.45) is 0 Å². The first kappa shape index (κ1) is 18.2. The Morgan fingerprint density at radius 1 is 1.32 bits per heavy atom. The number of nitrogens with one attached hydrogen (secondary N) is 1. The number of hydrogen-bond acceptors (Lipinski definition) is 4. The zero-order valence-corrected chi connectivity index (χ0v) is 15.3. The summed E-state index contributed by atoms with van der Waals surface area (Å²) in [4.78, 5) is 6.20. The lowest BCUT2D eigenvalue weighted by Crippen LogP contribution is -2.33. The summed E-state index contributed by atoms with van der Waals surface area (Å²) >= 11 is 1.64. The molecule has 0 aliphatic carbocycles. The average Bonchev–Trinajstić information content (AvgIpc) is 3.14. The maximum Gasteiger partial charge on any atom is 0.433 e. The SMILES string of the molecule is CNCCC(c1ccsc1)N1CC(C)(C)c2nc(C(F)(F)F)ccc21. The first-order valence-electron chi connectivity index (χ1n) is 8.26. The summed E-state index contributed by atoms with van der Waals surface area (Å²) < 4.78 is 39.2. The molecule has 1 N–H and O–H groups in total.